The van der Waals surface area contributed by atoms with E-state index in [4.69, 9.17) is 25.3 Å². The molecule has 0 saturated heterocycles. The first-order valence-electron chi connectivity index (χ1n) is 17.5. The molecule has 52 heavy (non-hydrogen) atoms. The second kappa shape index (κ2) is 9.86. The average Bonchev–Trinajstić information content (AvgIpc) is 3.16. The lowest BCUT2D eigenvalue weighted by Crippen LogP contribution is -1.91. The van der Waals surface area contributed by atoms with Crippen LogP contribution >= 0.6 is 45.9 Å². The number of hydrogen-bond acceptors (Lipinski definition) is 4. The van der Waals surface area contributed by atoms with Gasteiger partial charge in [0, 0.05) is 30.0 Å². The first-order valence-corrected chi connectivity index (χ1v) is 20.6. The molecule has 1 heterocycles. The molecule has 13 aromatic rings. The highest BCUT2D eigenvalue weighted by atomic mass is 32.9. The van der Waals surface area contributed by atoms with Crippen LogP contribution in [0.4, 0.5) is 0 Å². The normalized spacial score (nSPS) is 12.8. The van der Waals surface area contributed by atoms with Gasteiger partial charge in [-0.3, -0.25) is 0 Å². The smallest absolute Gasteiger partial charge is 0.0462 e. The second-order valence-electron chi connectivity index (χ2n) is 14.4. The Morgan fingerprint density at radius 1 is 0.269 bits per heavy atom. The third-order valence-corrected chi connectivity index (χ3v) is 14.8. The van der Waals surface area contributed by atoms with E-state index >= 15 is 0 Å². The number of rotatable bonds is 0. The molecule has 0 unspecified atom stereocenters. The van der Waals surface area contributed by atoms with E-state index in [1.54, 1.807) is 0 Å². The van der Waals surface area contributed by atoms with Gasteiger partial charge in [0.2, 0.25) is 0 Å². The summed E-state index contributed by atoms with van der Waals surface area (Å²) in [6, 6.07) is 51.1. The Balaban J connectivity index is 1.41. The minimum absolute atomic E-state index is 0.970. The van der Waals surface area contributed by atoms with Gasteiger partial charge in [-0.2, -0.15) is 0 Å². The van der Waals surface area contributed by atoms with Gasteiger partial charge in [-0.15, -0.1) is 25.3 Å². The van der Waals surface area contributed by atoms with Gasteiger partial charge in [0.1, 0.15) is 0 Å². The van der Waals surface area contributed by atoms with Crippen molar-refractivity contribution >= 4 is 174 Å². The third kappa shape index (κ3) is 3.56. The van der Waals surface area contributed by atoms with Crippen molar-refractivity contribution in [2.45, 2.75) is 9.79 Å². The highest BCUT2D eigenvalue weighted by molar-refractivity contribution is 7.80. The van der Waals surface area contributed by atoms with Gasteiger partial charge in [-0.1, -0.05) is 87.4 Å². The SMILES string of the molecule is Sc1ccc2c3ccccc3c3ccc4cc3c3cc5c(cc3c2c1)ssc1cc2c3cc(S)ccc3c3cccc6c7cc4cc(c2cc15)c7c36. The Kier molecular flexibility index (Phi) is 5.40. The molecule has 8 bridgehead atoms. The maximum atomic E-state index is 4.88. The molecule has 4 heteroatoms. The molecule has 0 atom stereocenters. The molecule has 13 rings (SSSR count). The summed E-state index contributed by atoms with van der Waals surface area (Å²) in [5.74, 6) is 0. The zero-order valence-electron chi connectivity index (χ0n) is 27.4. The predicted octanol–water partition coefficient (Wildman–Crippen LogP) is 15.7. The summed E-state index contributed by atoms with van der Waals surface area (Å²) in [6.07, 6.45) is 0. The van der Waals surface area contributed by atoms with Crippen LogP contribution in [0.25, 0.3) is 128 Å². The van der Waals surface area contributed by atoms with E-state index in [0.29, 0.717) is 0 Å². The number of benzene rings is 8. The highest BCUT2D eigenvalue weighted by Gasteiger charge is 2.20. The van der Waals surface area contributed by atoms with Crippen LogP contribution < -0.4 is 0 Å². The lowest BCUT2D eigenvalue weighted by molar-refractivity contribution is 1.54. The molecule has 0 N–H and O–H groups in total. The van der Waals surface area contributed by atoms with Crippen LogP contribution in [0.2, 0.25) is 0 Å². The van der Waals surface area contributed by atoms with Gasteiger partial charge in [-0.25, -0.2) is 0 Å². The maximum Gasteiger partial charge on any atom is 0.0462 e. The minimum Gasteiger partial charge on any atom is -0.143 e. The van der Waals surface area contributed by atoms with Gasteiger partial charge in [0.15, 0.2) is 0 Å². The van der Waals surface area contributed by atoms with E-state index in [2.05, 4.69) is 133 Å². The molecule has 0 fully saturated rings. The molecule has 240 valence electrons. The summed E-state index contributed by atoms with van der Waals surface area (Å²) in [4.78, 5) is 1.95. The van der Waals surface area contributed by atoms with Crippen molar-refractivity contribution < 1.29 is 0 Å². The topological polar surface area (TPSA) is 0 Å². The van der Waals surface area contributed by atoms with Gasteiger partial charge in [-0.05, 0) is 174 Å². The molecule has 0 radical (unpaired) electrons. The zero-order chi connectivity index (χ0) is 34.0. The first-order chi connectivity index (χ1) is 25.6. The van der Waals surface area contributed by atoms with Crippen molar-refractivity contribution in [2.24, 2.45) is 0 Å². The third-order valence-electron chi connectivity index (χ3n) is 11.8. The average molecular weight is 729 g/mol. The van der Waals surface area contributed by atoms with Crippen molar-refractivity contribution in [3.05, 3.63) is 133 Å². The molecule has 1 aromatic heterocycles. The van der Waals surface area contributed by atoms with E-state index in [0.717, 1.165) is 9.79 Å². The van der Waals surface area contributed by atoms with Crippen molar-refractivity contribution in [3.8, 4) is 0 Å². The molecule has 0 saturated carbocycles. The summed E-state index contributed by atoms with van der Waals surface area (Å²) >= 11 is 9.76. The van der Waals surface area contributed by atoms with Crippen molar-refractivity contribution in [2.75, 3.05) is 0 Å². The molecule has 0 aliphatic carbocycles. The number of hydrogen-bond donors (Lipinski definition) is 2. The molecule has 0 aliphatic rings. The number of fused-ring (bicyclic) bond motifs is 12. The Morgan fingerprint density at radius 3 is 1.31 bits per heavy atom. The Labute approximate surface area is 315 Å². The van der Waals surface area contributed by atoms with E-state index in [1.807, 2.05) is 20.7 Å². The fourth-order valence-corrected chi connectivity index (χ4v) is 12.3. The maximum absolute atomic E-state index is 4.88. The quantitative estimate of drug-likeness (QED) is 0.0867. The van der Waals surface area contributed by atoms with Crippen LogP contribution in [-0.2, 0) is 0 Å². The molecule has 0 aliphatic heterocycles. The Bertz CT molecular complexity index is 3740. The van der Waals surface area contributed by atoms with Crippen molar-refractivity contribution in [3.63, 3.8) is 0 Å². The summed E-state index contributed by atoms with van der Waals surface area (Å²) in [6.45, 7) is 0. The number of thiol groups is 2. The largest absolute Gasteiger partial charge is 0.143 e. The Hall–Kier alpha value is -5.10. The fourth-order valence-electron chi connectivity index (χ4n) is 9.52. The lowest BCUT2D eigenvalue weighted by atomic mass is 9.84. The summed E-state index contributed by atoms with van der Waals surface area (Å²) in [7, 11) is 3.76. The van der Waals surface area contributed by atoms with Crippen molar-refractivity contribution in [1.82, 2.24) is 0 Å². The standard InChI is InChI=1S/C48H24S4/c49-25-9-12-30-28-5-2-1-4-27(28)29-11-8-23-14-34(29)37-19-41-42-20-38-40(22-46(42)52-51-45(41)21-39(37)35(30)17-25)36-18-26(50)10-13-31(36)32-6-3-7-33-43-15-24(23)16-44(38)48(43)47(32)33/h1-22,49-50H. The predicted molar refractivity (Wildman–Crippen MR) is 238 cm³/mol. The van der Waals surface area contributed by atoms with Crippen LogP contribution in [0.3, 0.4) is 0 Å². The molecule has 12 aromatic carbocycles. The zero-order valence-corrected chi connectivity index (χ0v) is 30.8. The fraction of sp³-hybridized carbons (Fsp3) is 0. The van der Waals surface area contributed by atoms with Crippen LogP contribution in [0.1, 0.15) is 0 Å². The van der Waals surface area contributed by atoms with Crippen LogP contribution in [-0.4, -0.2) is 0 Å². The lowest BCUT2D eigenvalue weighted by Gasteiger charge is -2.20. The van der Waals surface area contributed by atoms with E-state index in [-0.39, 0.29) is 0 Å². The second-order valence-corrected chi connectivity index (χ2v) is 17.6. The monoisotopic (exact) mass is 728 g/mol. The van der Waals surface area contributed by atoms with Crippen LogP contribution in [0.15, 0.2) is 143 Å². The van der Waals surface area contributed by atoms with Gasteiger partial charge < -0.3 is 0 Å². The molecule has 0 amide bonds. The summed E-state index contributed by atoms with van der Waals surface area (Å²) < 4.78 is 2.60. The molecular weight excluding hydrogens is 705 g/mol. The van der Waals surface area contributed by atoms with E-state index in [1.165, 1.54) is 128 Å². The molecule has 0 spiro atoms. The van der Waals surface area contributed by atoms with E-state index in [9.17, 15) is 0 Å². The molecule has 0 nitrogen and oxygen atoms in total. The first kappa shape index (κ1) is 28.5. The van der Waals surface area contributed by atoms with Gasteiger partial charge in [0.25, 0.3) is 0 Å². The van der Waals surface area contributed by atoms with Crippen LogP contribution in [0.5, 0.6) is 0 Å². The molecular formula is C48H24S4. The highest BCUT2D eigenvalue weighted by Crippen LogP contribution is 2.49. The van der Waals surface area contributed by atoms with Gasteiger partial charge in [0.05, 0.1) is 0 Å². The summed E-state index contributed by atoms with van der Waals surface area (Å²) in [5.41, 5.74) is 0. The van der Waals surface area contributed by atoms with Crippen LogP contribution in [0, 0.1) is 0 Å². The van der Waals surface area contributed by atoms with E-state index < -0.39 is 0 Å². The van der Waals surface area contributed by atoms with Crippen molar-refractivity contribution in [1.29, 1.82) is 0 Å². The summed E-state index contributed by atoms with van der Waals surface area (Å²) in [5, 5.41) is 28.3. The van der Waals surface area contributed by atoms with Gasteiger partial charge >= 0.3 is 0 Å². The Morgan fingerprint density at radius 2 is 0.673 bits per heavy atom. The minimum atomic E-state index is 0.970.